The van der Waals surface area contributed by atoms with Gasteiger partial charge in [-0.05, 0) is 24.3 Å². The topological polar surface area (TPSA) is 37.9 Å². The summed E-state index contributed by atoms with van der Waals surface area (Å²) in [6.45, 7) is 0. The number of hydrogen-bond acceptors (Lipinski definition) is 2. The van der Waals surface area contributed by atoms with E-state index in [9.17, 15) is 0 Å². The summed E-state index contributed by atoms with van der Waals surface area (Å²) >= 11 is 0. The van der Waals surface area contributed by atoms with E-state index in [-0.39, 0.29) is 17.0 Å². The first-order valence-corrected chi connectivity index (χ1v) is 5.09. The SMILES string of the molecule is [Br-].c1ccc(Oc2nc3ccccc3[nH]2)cc1. The molecule has 3 nitrogen and oxygen atoms in total. The number of H-pyrrole nitrogens is 1. The minimum atomic E-state index is 0. The van der Waals surface area contributed by atoms with Gasteiger partial charge in [-0.2, -0.15) is 4.98 Å². The second-order valence-corrected chi connectivity index (χ2v) is 3.47. The van der Waals surface area contributed by atoms with Crippen molar-refractivity contribution in [2.24, 2.45) is 0 Å². The van der Waals surface area contributed by atoms with Gasteiger partial charge in [-0.15, -0.1) is 0 Å². The van der Waals surface area contributed by atoms with E-state index in [1.165, 1.54) is 0 Å². The van der Waals surface area contributed by atoms with Crippen LogP contribution in [0, 0.1) is 0 Å². The fourth-order valence-corrected chi connectivity index (χ4v) is 1.58. The van der Waals surface area contributed by atoms with E-state index in [1.54, 1.807) is 0 Å². The molecular weight excluding hydrogens is 280 g/mol. The quantitative estimate of drug-likeness (QED) is 0.740. The average Bonchev–Trinajstić information content (AvgIpc) is 2.72. The molecule has 17 heavy (non-hydrogen) atoms. The highest BCUT2D eigenvalue weighted by molar-refractivity contribution is 5.75. The molecule has 0 saturated carbocycles. The predicted molar refractivity (Wildman–Crippen MR) is 62.6 cm³/mol. The van der Waals surface area contributed by atoms with Crippen LogP contribution in [0.15, 0.2) is 54.6 Å². The molecule has 2 aromatic carbocycles. The van der Waals surface area contributed by atoms with E-state index in [0.29, 0.717) is 6.01 Å². The zero-order chi connectivity index (χ0) is 10.8. The fraction of sp³-hybridized carbons (Fsp3) is 0. The van der Waals surface area contributed by atoms with Crippen LogP contribution in [-0.4, -0.2) is 9.97 Å². The number of benzene rings is 2. The summed E-state index contributed by atoms with van der Waals surface area (Å²) in [5, 5.41) is 0. The fourth-order valence-electron chi connectivity index (χ4n) is 1.58. The molecule has 0 bridgehead atoms. The van der Waals surface area contributed by atoms with Crippen molar-refractivity contribution >= 4 is 11.0 Å². The van der Waals surface area contributed by atoms with Crippen molar-refractivity contribution in [2.75, 3.05) is 0 Å². The van der Waals surface area contributed by atoms with Crippen molar-refractivity contribution in [2.45, 2.75) is 0 Å². The van der Waals surface area contributed by atoms with Gasteiger partial charge in [-0.1, -0.05) is 30.3 Å². The molecule has 0 saturated heterocycles. The molecule has 1 heterocycles. The summed E-state index contributed by atoms with van der Waals surface area (Å²) in [5.41, 5.74) is 1.89. The number of fused-ring (bicyclic) bond motifs is 1. The first-order valence-electron chi connectivity index (χ1n) is 5.09. The van der Waals surface area contributed by atoms with Crippen LogP contribution in [-0.2, 0) is 0 Å². The largest absolute Gasteiger partial charge is 1.00 e. The summed E-state index contributed by atoms with van der Waals surface area (Å²) in [7, 11) is 0. The Morgan fingerprint density at radius 2 is 1.59 bits per heavy atom. The number of rotatable bonds is 2. The van der Waals surface area contributed by atoms with E-state index in [4.69, 9.17) is 4.74 Å². The maximum absolute atomic E-state index is 5.60. The van der Waals surface area contributed by atoms with Crippen LogP contribution in [0.1, 0.15) is 0 Å². The van der Waals surface area contributed by atoms with Crippen LogP contribution in [0.2, 0.25) is 0 Å². The molecule has 0 fully saturated rings. The number of imidazole rings is 1. The normalized spacial score (nSPS) is 9.88. The van der Waals surface area contributed by atoms with Crippen LogP contribution in [0.25, 0.3) is 11.0 Å². The number of ether oxygens (including phenoxy) is 1. The van der Waals surface area contributed by atoms with Gasteiger partial charge in [0.25, 0.3) is 6.01 Å². The second-order valence-electron chi connectivity index (χ2n) is 3.47. The maximum atomic E-state index is 5.60. The monoisotopic (exact) mass is 289 g/mol. The predicted octanol–water partition coefficient (Wildman–Crippen LogP) is 0.359. The van der Waals surface area contributed by atoms with Crippen LogP contribution < -0.4 is 21.7 Å². The van der Waals surface area contributed by atoms with Crippen LogP contribution in [0.3, 0.4) is 0 Å². The van der Waals surface area contributed by atoms with Crippen LogP contribution in [0.4, 0.5) is 0 Å². The lowest BCUT2D eigenvalue weighted by atomic mass is 10.3. The van der Waals surface area contributed by atoms with E-state index < -0.39 is 0 Å². The molecule has 0 aliphatic heterocycles. The summed E-state index contributed by atoms with van der Waals surface area (Å²) in [6.07, 6.45) is 0. The van der Waals surface area contributed by atoms with Crippen molar-refractivity contribution in [1.29, 1.82) is 0 Å². The Balaban J connectivity index is 0.00000108. The maximum Gasteiger partial charge on any atom is 0.300 e. The smallest absolute Gasteiger partial charge is 0.300 e. The summed E-state index contributed by atoms with van der Waals surface area (Å²) in [4.78, 5) is 7.44. The molecule has 1 aromatic heterocycles. The Labute approximate surface area is 109 Å². The molecule has 3 aromatic rings. The third-order valence-corrected chi connectivity index (χ3v) is 2.33. The Kier molecular flexibility index (Phi) is 3.44. The minimum absolute atomic E-state index is 0. The molecule has 1 N–H and O–H groups in total. The molecule has 4 heteroatoms. The third-order valence-electron chi connectivity index (χ3n) is 2.33. The van der Waals surface area contributed by atoms with Gasteiger partial charge in [-0.3, -0.25) is 0 Å². The van der Waals surface area contributed by atoms with Crippen molar-refractivity contribution in [3.8, 4) is 11.8 Å². The molecule has 3 rings (SSSR count). The molecule has 0 radical (unpaired) electrons. The van der Waals surface area contributed by atoms with Gasteiger partial charge in [0.15, 0.2) is 0 Å². The number of nitrogens with zero attached hydrogens (tertiary/aromatic N) is 1. The lowest BCUT2D eigenvalue weighted by Gasteiger charge is -1.99. The lowest BCUT2D eigenvalue weighted by molar-refractivity contribution is -0.00000400. The van der Waals surface area contributed by atoms with Crippen molar-refractivity contribution in [3.63, 3.8) is 0 Å². The zero-order valence-electron chi connectivity index (χ0n) is 8.93. The van der Waals surface area contributed by atoms with Crippen LogP contribution in [0.5, 0.6) is 11.8 Å². The average molecular weight is 290 g/mol. The van der Waals surface area contributed by atoms with Crippen LogP contribution >= 0.6 is 0 Å². The minimum Gasteiger partial charge on any atom is -1.00 e. The van der Waals surface area contributed by atoms with Gasteiger partial charge in [0.2, 0.25) is 0 Å². The van der Waals surface area contributed by atoms with Gasteiger partial charge in [-0.25, -0.2) is 0 Å². The van der Waals surface area contributed by atoms with Gasteiger partial charge >= 0.3 is 0 Å². The molecule has 0 unspecified atom stereocenters. The Bertz CT molecular complexity index is 574. The molecular formula is C13H10BrN2O-. The number of aromatic nitrogens is 2. The van der Waals surface area contributed by atoms with E-state index >= 15 is 0 Å². The van der Waals surface area contributed by atoms with Crippen molar-refractivity contribution in [1.82, 2.24) is 9.97 Å². The molecule has 0 atom stereocenters. The first-order chi connectivity index (χ1) is 7.92. The number of aromatic amines is 1. The highest BCUT2D eigenvalue weighted by Gasteiger charge is 2.02. The number of halogens is 1. The number of hydrogen-bond donors (Lipinski definition) is 1. The lowest BCUT2D eigenvalue weighted by Crippen LogP contribution is -3.00. The second kappa shape index (κ2) is 5.01. The third kappa shape index (κ3) is 2.47. The standard InChI is InChI=1S/C13H10N2O.BrH/c1-2-6-10(7-3-1)16-13-14-11-8-4-5-9-12(11)15-13;/h1-9H,(H,14,15);1H/p-1. The number of para-hydroxylation sites is 3. The Morgan fingerprint density at radius 3 is 2.35 bits per heavy atom. The van der Waals surface area contributed by atoms with Gasteiger partial charge in [0.1, 0.15) is 5.75 Å². The highest BCUT2D eigenvalue weighted by atomic mass is 79.9. The Hall–Kier alpha value is -1.81. The first kappa shape index (κ1) is 11.7. The van der Waals surface area contributed by atoms with Crippen molar-refractivity contribution in [3.05, 3.63) is 54.6 Å². The van der Waals surface area contributed by atoms with Gasteiger partial charge in [0, 0.05) is 0 Å². The molecule has 0 spiro atoms. The summed E-state index contributed by atoms with van der Waals surface area (Å²) < 4.78 is 5.60. The van der Waals surface area contributed by atoms with E-state index in [1.807, 2.05) is 54.6 Å². The highest BCUT2D eigenvalue weighted by Crippen LogP contribution is 2.20. The van der Waals surface area contributed by atoms with Gasteiger partial charge in [0.05, 0.1) is 11.0 Å². The van der Waals surface area contributed by atoms with Crippen molar-refractivity contribution < 1.29 is 21.7 Å². The Morgan fingerprint density at radius 1 is 0.882 bits per heavy atom. The summed E-state index contributed by atoms with van der Waals surface area (Å²) in [6, 6.07) is 18.0. The zero-order valence-corrected chi connectivity index (χ0v) is 10.5. The summed E-state index contributed by atoms with van der Waals surface area (Å²) in [5.74, 6) is 0.779. The van der Waals surface area contributed by atoms with E-state index in [2.05, 4.69) is 9.97 Å². The molecule has 0 aliphatic rings. The molecule has 0 amide bonds. The molecule has 86 valence electrons. The number of nitrogens with one attached hydrogen (secondary N) is 1. The van der Waals surface area contributed by atoms with E-state index in [0.717, 1.165) is 16.8 Å². The molecule has 0 aliphatic carbocycles. The van der Waals surface area contributed by atoms with Gasteiger partial charge < -0.3 is 26.7 Å².